The number of methoxy groups -OCH3 is 1. The second-order valence-electron chi connectivity index (χ2n) is 6.20. The molecule has 1 saturated heterocycles. The number of carbonyl (C=O) groups excluding carboxylic acids is 2. The van der Waals surface area contributed by atoms with Gasteiger partial charge in [0.2, 0.25) is 5.91 Å². The predicted octanol–water partition coefficient (Wildman–Crippen LogP) is 2.82. The van der Waals surface area contributed by atoms with E-state index in [1.807, 2.05) is 48.5 Å². The first-order valence-corrected chi connectivity index (χ1v) is 8.69. The third kappa shape index (κ3) is 4.53. The van der Waals surface area contributed by atoms with Gasteiger partial charge in [-0.25, -0.2) is 4.79 Å². The van der Waals surface area contributed by atoms with Crippen molar-refractivity contribution in [3.8, 4) is 5.75 Å². The number of hydrogen-bond donors (Lipinski definition) is 2. The molecule has 2 aromatic carbocycles. The first kappa shape index (κ1) is 17.8. The quantitative estimate of drug-likeness (QED) is 0.839. The van der Waals surface area contributed by atoms with Crippen molar-refractivity contribution >= 4 is 17.6 Å². The standard InChI is InChI=1S/C20H23N3O3/c1-26-18-10-6-16(7-11-18)14-22-20(25)21-13-15-4-8-17(9-5-15)23-12-2-3-19(23)24/h4-11H,2-3,12-14H2,1H3,(H2,21,22,25). The molecule has 0 radical (unpaired) electrons. The molecule has 0 bridgehead atoms. The average Bonchev–Trinajstić information content (AvgIpc) is 3.11. The van der Waals surface area contributed by atoms with Crippen LogP contribution in [-0.4, -0.2) is 25.6 Å². The van der Waals surface area contributed by atoms with E-state index < -0.39 is 0 Å². The van der Waals surface area contributed by atoms with Gasteiger partial charge in [0, 0.05) is 31.7 Å². The lowest BCUT2D eigenvalue weighted by molar-refractivity contribution is -0.117. The maximum Gasteiger partial charge on any atom is 0.315 e. The molecule has 2 aromatic rings. The number of amides is 3. The van der Waals surface area contributed by atoms with Crippen LogP contribution in [0.15, 0.2) is 48.5 Å². The molecule has 0 atom stereocenters. The van der Waals surface area contributed by atoms with Crippen LogP contribution in [0.1, 0.15) is 24.0 Å². The number of urea groups is 1. The Bertz CT molecular complexity index is 757. The molecular weight excluding hydrogens is 330 g/mol. The van der Waals surface area contributed by atoms with Crippen molar-refractivity contribution < 1.29 is 14.3 Å². The lowest BCUT2D eigenvalue weighted by atomic mass is 10.2. The van der Waals surface area contributed by atoms with Gasteiger partial charge >= 0.3 is 6.03 Å². The number of ether oxygens (including phenoxy) is 1. The molecule has 26 heavy (non-hydrogen) atoms. The second kappa shape index (κ2) is 8.38. The maximum atomic E-state index is 11.9. The minimum atomic E-state index is -0.223. The number of anilines is 1. The molecule has 0 aromatic heterocycles. The van der Waals surface area contributed by atoms with E-state index in [2.05, 4.69) is 10.6 Å². The molecule has 0 saturated carbocycles. The Balaban J connectivity index is 1.44. The summed E-state index contributed by atoms with van der Waals surface area (Å²) < 4.78 is 5.11. The molecule has 1 aliphatic rings. The Morgan fingerprint density at radius 2 is 1.58 bits per heavy atom. The van der Waals surface area contributed by atoms with Crippen molar-refractivity contribution in [3.63, 3.8) is 0 Å². The van der Waals surface area contributed by atoms with E-state index in [1.54, 1.807) is 12.0 Å². The smallest absolute Gasteiger partial charge is 0.315 e. The molecule has 3 rings (SSSR count). The van der Waals surface area contributed by atoms with Crippen molar-refractivity contribution in [1.82, 2.24) is 10.6 Å². The van der Waals surface area contributed by atoms with E-state index in [0.29, 0.717) is 19.5 Å². The van der Waals surface area contributed by atoms with Crippen molar-refractivity contribution in [2.24, 2.45) is 0 Å². The second-order valence-corrected chi connectivity index (χ2v) is 6.20. The van der Waals surface area contributed by atoms with Crippen LogP contribution in [0, 0.1) is 0 Å². The Labute approximate surface area is 153 Å². The average molecular weight is 353 g/mol. The van der Waals surface area contributed by atoms with Crippen LogP contribution in [-0.2, 0) is 17.9 Å². The predicted molar refractivity (Wildman–Crippen MR) is 100 cm³/mol. The molecule has 3 amide bonds. The van der Waals surface area contributed by atoms with Gasteiger partial charge in [0.05, 0.1) is 7.11 Å². The summed E-state index contributed by atoms with van der Waals surface area (Å²) in [6, 6.07) is 15.1. The van der Waals surface area contributed by atoms with Gasteiger partial charge in [-0.2, -0.15) is 0 Å². The molecule has 0 aliphatic carbocycles. The molecule has 136 valence electrons. The summed E-state index contributed by atoms with van der Waals surface area (Å²) in [6.07, 6.45) is 1.54. The lowest BCUT2D eigenvalue weighted by Crippen LogP contribution is -2.34. The van der Waals surface area contributed by atoms with Crippen molar-refractivity contribution in [3.05, 3.63) is 59.7 Å². The molecule has 6 heteroatoms. The fourth-order valence-electron chi connectivity index (χ4n) is 2.89. The summed E-state index contributed by atoms with van der Waals surface area (Å²) in [5, 5.41) is 5.66. The largest absolute Gasteiger partial charge is 0.497 e. The highest BCUT2D eigenvalue weighted by atomic mass is 16.5. The molecule has 1 aliphatic heterocycles. The SMILES string of the molecule is COc1ccc(CNC(=O)NCc2ccc(N3CCCC3=O)cc2)cc1. The Hall–Kier alpha value is -3.02. The summed E-state index contributed by atoms with van der Waals surface area (Å²) in [5.41, 5.74) is 2.90. The van der Waals surface area contributed by atoms with E-state index in [-0.39, 0.29) is 11.9 Å². The minimum Gasteiger partial charge on any atom is -0.497 e. The molecular formula is C20H23N3O3. The number of nitrogens with zero attached hydrogens (tertiary/aromatic N) is 1. The molecule has 0 unspecified atom stereocenters. The highest BCUT2D eigenvalue weighted by Gasteiger charge is 2.21. The van der Waals surface area contributed by atoms with Crippen LogP contribution < -0.4 is 20.3 Å². The number of benzene rings is 2. The summed E-state index contributed by atoms with van der Waals surface area (Å²) >= 11 is 0. The zero-order valence-corrected chi connectivity index (χ0v) is 14.8. The van der Waals surface area contributed by atoms with Crippen LogP contribution in [0.5, 0.6) is 5.75 Å². The van der Waals surface area contributed by atoms with Gasteiger partial charge in [0.15, 0.2) is 0 Å². The number of hydrogen-bond acceptors (Lipinski definition) is 3. The summed E-state index contributed by atoms with van der Waals surface area (Å²) in [7, 11) is 1.62. The zero-order chi connectivity index (χ0) is 18.4. The highest BCUT2D eigenvalue weighted by molar-refractivity contribution is 5.95. The molecule has 1 heterocycles. The lowest BCUT2D eigenvalue weighted by Gasteiger charge is -2.16. The van der Waals surface area contributed by atoms with Crippen molar-refractivity contribution in [2.75, 3.05) is 18.6 Å². The third-order valence-electron chi connectivity index (χ3n) is 4.39. The Kier molecular flexibility index (Phi) is 5.73. The van der Waals surface area contributed by atoms with Gasteiger partial charge in [-0.1, -0.05) is 24.3 Å². The van der Waals surface area contributed by atoms with Crippen LogP contribution in [0.4, 0.5) is 10.5 Å². The van der Waals surface area contributed by atoms with Gasteiger partial charge in [-0.3, -0.25) is 4.79 Å². The van der Waals surface area contributed by atoms with Crippen LogP contribution in [0.25, 0.3) is 0 Å². The van der Waals surface area contributed by atoms with Gasteiger partial charge in [0.25, 0.3) is 0 Å². The van der Waals surface area contributed by atoms with Gasteiger partial charge in [-0.15, -0.1) is 0 Å². The summed E-state index contributed by atoms with van der Waals surface area (Å²) in [5.74, 6) is 0.964. The number of rotatable bonds is 6. The van der Waals surface area contributed by atoms with Crippen LogP contribution >= 0.6 is 0 Å². The fraction of sp³-hybridized carbons (Fsp3) is 0.300. The minimum absolute atomic E-state index is 0.175. The normalized spacial score (nSPS) is 13.6. The number of carbonyl (C=O) groups is 2. The Morgan fingerprint density at radius 3 is 2.08 bits per heavy atom. The van der Waals surface area contributed by atoms with E-state index in [4.69, 9.17) is 4.74 Å². The molecule has 1 fully saturated rings. The molecule has 6 nitrogen and oxygen atoms in total. The van der Waals surface area contributed by atoms with E-state index in [0.717, 1.165) is 35.5 Å². The maximum absolute atomic E-state index is 11.9. The van der Waals surface area contributed by atoms with Gasteiger partial charge < -0.3 is 20.3 Å². The summed E-state index contributed by atoms with van der Waals surface area (Å²) in [4.78, 5) is 25.5. The van der Waals surface area contributed by atoms with Gasteiger partial charge in [-0.05, 0) is 41.8 Å². The Morgan fingerprint density at radius 1 is 1.00 bits per heavy atom. The van der Waals surface area contributed by atoms with E-state index >= 15 is 0 Å². The van der Waals surface area contributed by atoms with E-state index in [1.165, 1.54) is 0 Å². The monoisotopic (exact) mass is 353 g/mol. The number of nitrogens with one attached hydrogen (secondary N) is 2. The first-order chi connectivity index (χ1) is 12.7. The fourth-order valence-corrected chi connectivity index (χ4v) is 2.89. The van der Waals surface area contributed by atoms with E-state index in [9.17, 15) is 9.59 Å². The highest BCUT2D eigenvalue weighted by Crippen LogP contribution is 2.21. The van der Waals surface area contributed by atoms with Crippen LogP contribution in [0.3, 0.4) is 0 Å². The molecule has 0 spiro atoms. The van der Waals surface area contributed by atoms with Crippen LogP contribution in [0.2, 0.25) is 0 Å². The zero-order valence-electron chi connectivity index (χ0n) is 14.8. The van der Waals surface area contributed by atoms with Crippen molar-refractivity contribution in [1.29, 1.82) is 0 Å². The first-order valence-electron chi connectivity index (χ1n) is 8.69. The van der Waals surface area contributed by atoms with Gasteiger partial charge in [0.1, 0.15) is 5.75 Å². The molecule has 2 N–H and O–H groups in total. The third-order valence-corrected chi connectivity index (χ3v) is 4.39. The van der Waals surface area contributed by atoms with Crippen molar-refractivity contribution in [2.45, 2.75) is 25.9 Å². The summed E-state index contributed by atoms with van der Waals surface area (Å²) in [6.45, 7) is 1.67. The topological polar surface area (TPSA) is 70.7 Å².